The minimum absolute atomic E-state index is 0.340. The quantitative estimate of drug-likeness (QED) is 0.485. The van der Waals surface area contributed by atoms with E-state index in [1.54, 1.807) is 31.2 Å². The van der Waals surface area contributed by atoms with Crippen LogP contribution in [0.15, 0.2) is 36.9 Å². The lowest BCUT2D eigenvalue weighted by molar-refractivity contribution is 0.0527. The lowest BCUT2D eigenvalue weighted by atomic mass is 10.2. The van der Waals surface area contributed by atoms with Crippen molar-refractivity contribution in [3.63, 3.8) is 0 Å². The van der Waals surface area contributed by atoms with Crippen LogP contribution in [-0.4, -0.2) is 24.2 Å². The molecule has 0 heterocycles. The van der Waals surface area contributed by atoms with Gasteiger partial charge in [-0.3, -0.25) is 0 Å². The van der Waals surface area contributed by atoms with Crippen LogP contribution in [0.25, 0.3) is 0 Å². The van der Waals surface area contributed by atoms with Gasteiger partial charge in [0.05, 0.1) is 17.9 Å². The minimum atomic E-state index is -0.368. The highest BCUT2D eigenvalue weighted by Crippen LogP contribution is 2.16. The summed E-state index contributed by atoms with van der Waals surface area (Å²) in [6, 6.07) is 7.06. The fourth-order valence-electron chi connectivity index (χ4n) is 1.31. The molecule has 0 amide bonds. The highest BCUT2D eigenvalue weighted by molar-refractivity contribution is 7.80. The number of hydrogen-bond donors (Lipinski definition) is 2. The van der Waals surface area contributed by atoms with Crippen molar-refractivity contribution in [2.24, 2.45) is 0 Å². The van der Waals surface area contributed by atoms with Gasteiger partial charge in [-0.2, -0.15) is 0 Å². The number of thiocarbonyl (C=S) groups is 1. The summed E-state index contributed by atoms with van der Waals surface area (Å²) < 4.78 is 4.97. The monoisotopic (exact) mass is 264 g/mol. The molecule has 1 rings (SSSR count). The van der Waals surface area contributed by atoms with E-state index >= 15 is 0 Å². The molecule has 0 fully saturated rings. The maximum absolute atomic E-state index is 11.7. The molecule has 1 aromatic carbocycles. The molecule has 0 saturated carbocycles. The van der Waals surface area contributed by atoms with Gasteiger partial charge < -0.3 is 15.4 Å². The van der Waals surface area contributed by atoms with Crippen LogP contribution in [0, 0.1) is 0 Å². The van der Waals surface area contributed by atoms with Crippen molar-refractivity contribution < 1.29 is 9.53 Å². The zero-order valence-corrected chi connectivity index (χ0v) is 11.0. The van der Waals surface area contributed by atoms with Crippen molar-refractivity contribution >= 4 is 29.0 Å². The fourth-order valence-corrected chi connectivity index (χ4v) is 1.50. The normalized spacial score (nSPS) is 9.39. The van der Waals surface area contributed by atoms with Crippen LogP contribution in [-0.2, 0) is 4.74 Å². The Kier molecular flexibility index (Phi) is 5.87. The molecule has 0 saturated heterocycles. The topological polar surface area (TPSA) is 50.4 Å². The number of carbonyl (C=O) groups is 1. The van der Waals surface area contributed by atoms with Crippen LogP contribution in [0.5, 0.6) is 0 Å². The molecule has 5 heteroatoms. The SMILES string of the molecule is C=CCNC(=S)Nc1ccccc1C(=O)OCC. The first-order chi connectivity index (χ1) is 8.69. The molecule has 0 aromatic heterocycles. The standard InChI is InChI=1S/C13H16N2O2S/c1-3-9-14-13(18)15-11-8-6-5-7-10(11)12(16)17-4-2/h3,5-8H,1,4,9H2,2H3,(H2,14,15,18). The summed E-state index contributed by atoms with van der Waals surface area (Å²) in [6.07, 6.45) is 1.70. The average Bonchev–Trinajstić information content (AvgIpc) is 2.37. The summed E-state index contributed by atoms with van der Waals surface area (Å²) in [4.78, 5) is 11.7. The summed E-state index contributed by atoms with van der Waals surface area (Å²) in [5.74, 6) is -0.368. The van der Waals surface area contributed by atoms with Crippen LogP contribution < -0.4 is 10.6 Å². The number of carbonyl (C=O) groups excluding carboxylic acids is 1. The Balaban J connectivity index is 2.78. The smallest absolute Gasteiger partial charge is 0.340 e. The maximum Gasteiger partial charge on any atom is 0.340 e. The van der Waals surface area contributed by atoms with Gasteiger partial charge in [0.2, 0.25) is 0 Å². The second kappa shape index (κ2) is 7.45. The van der Waals surface area contributed by atoms with Crippen molar-refractivity contribution in [2.75, 3.05) is 18.5 Å². The molecule has 0 aliphatic rings. The van der Waals surface area contributed by atoms with Crippen LogP contribution in [0.3, 0.4) is 0 Å². The largest absolute Gasteiger partial charge is 0.462 e. The predicted molar refractivity (Wildman–Crippen MR) is 76.8 cm³/mol. The van der Waals surface area contributed by atoms with Crippen LogP contribution in [0.4, 0.5) is 5.69 Å². The van der Waals surface area contributed by atoms with Gasteiger partial charge in [0.1, 0.15) is 0 Å². The van der Waals surface area contributed by atoms with Gasteiger partial charge in [-0.15, -0.1) is 6.58 Å². The van der Waals surface area contributed by atoms with Gasteiger partial charge >= 0.3 is 5.97 Å². The molecule has 0 atom stereocenters. The van der Waals surface area contributed by atoms with E-state index in [0.717, 1.165) is 0 Å². The number of para-hydroxylation sites is 1. The Labute approximate surface area is 112 Å². The molecule has 4 nitrogen and oxygen atoms in total. The van der Waals surface area contributed by atoms with E-state index in [-0.39, 0.29) is 5.97 Å². The van der Waals surface area contributed by atoms with E-state index in [1.165, 1.54) is 0 Å². The number of hydrogen-bond acceptors (Lipinski definition) is 3. The third kappa shape index (κ3) is 4.18. The molecule has 0 aliphatic carbocycles. The van der Waals surface area contributed by atoms with E-state index in [4.69, 9.17) is 17.0 Å². The second-order valence-electron chi connectivity index (χ2n) is 3.39. The third-order valence-electron chi connectivity index (χ3n) is 2.08. The van der Waals surface area contributed by atoms with Crippen molar-refractivity contribution in [2.45, 2.75) is 6.92 Å². The van der Waals surface area contributed by atoms with Crippen molar-refractivity contribution in [3.05, 3.63) is 42.5 Å². The average molecular weight is 264 g/mol. The minimum Gasteiger partial charge on any atom is -0.462 e. The molecule has 0 unspecified atom stereocenters. The number of ether oxygens (including phenoxy) is 1. The summed E-state index contributed by atoms with van der Waals surface area (Å²) >= 11 is 5.09. The highest BCUT2D eigenvalue weighted by atomic mass is 32.1. The molecule has 96 valence electrons. The molecule has 2 N–H and O–H groups in total. The van der Waals surface area contributed by atoms with Gasteiger partial charge in [-0.25, -0.2) is 4.79 Å². The number of nitrogens with one attached hydrogen (secondary N) is 2. The lowest BCUT2D eigenvalue weighted by Crippen LogP contribution is -2.29. The summed E-state index contributed by atoms with van der Waals surface area (Å²) in [5, 5.41) is 6.32. The van der Waals surface area contributed by atoms with Gasteiger partial charge in [-0.1, -0.05) is 18.2 Å². The second-order valence-corrected chi connectivity index (χ2v) is 3.80. The zero-order valence-electron chi connectivity index (χ0n) is 10.2. The first-order valence-electron chi connectivity index (χ1n) is 5.61. The molecule has 0 radical (unpaired) electrons. The first kappa shape index (κ1) is 14.2. The van der Waals surface area contributed by atoms with E-state index in [1.807, 2.05) is 6.07 Å². The number of anilines is 1. The Morgan fingerprint density at radius 3 is 2.89 bits per heavy atom. The molecule has 0 aliphatic heterocycles. The summed E-state index contributed by atoms with van der Waals surface area (Å²) in [7, 11) is 0. The molecular formula is C13H16N2O2S. The number of benzene rings is 1. The Morgan fingerprint density at radius 2 is 2.22 bits per heavy atom. The van der Waals surface area contributed by atoms with Gasteiger partial charge in [-0.05, 0) is 31.3 Å². The summed E-state index contributed by atoms with van der Waals surface area (Å²) in [6.45, 7) is 6.26. The molecule has 18 heavy (non-hydrogen) atoms. The van der Waals surface area contributed by atoms with E-state index in [2.05, 4.69) is 17.2 Å². The van der Waals surface area contributed by atoms with E-state index < -0.39 is 0 Å². The number of rotatable bonds is 5. The molecule has 1 aromatic rings. The van der Waals surface area contributed by atoms with Crippen molar-refractivity contribution in [1.29, 1.82) is 0 Å². The summed E-state index contributed by atoms with van der Waals surface area (Å²) in [5.41, 5.74) is 1.08. The Hall–Kier alpha value is -1.88. The third-order valence-corrected chi connectivity index (χ3v) is 2.32. The van der Waals surface area contributed by atoms with Crippen LogP contribution >= 0.6 is 12.2 Å². The van der Waals surface area contributed by atoms with Crippen molar-refractivity contribution in [1.82, 2.24) is 5.32 Å². The fraction of sp³-hybridized carbons (Fsp3) is 0.231. The zero-order chi connectivity index (χ0) is 13.4. The maximum atomic E-state index is 11.7. The number of esters is 1. The van der Waals surface area contributed by atoms with E-state index in [9.17, 15) is 4.79 Å². The Morgan fingerprint density at radius 1 is 1.50 bits per heavy atom. The first-order valence-corrected chi connectivity index (χ1v) is 6.01. The van der Waals surface area contributed by atoms with Crippen LogP contribution in [0.2, 0.25) is 0 Å². The van der Waals surface area contributed by atoms with Gasteiger partial charge in [0.15, 0.2) is 5.11 Å². The predicted octanol–water partition coefficient (Wildman–Crippen LogP) is 2.34. The van der Waals surface area contributed by atoms with Crippen molar-refractivity contribution in [3.8, 4) is 0 Å². The van der Waals surface area contributed by atoms with Crippen LogP contribution in [0.1, 0.15) is 17.3 Å². The molecule has 0 bridgehead atoms. The lowest BCUT2D eigenvalue weighted by Gasteiger charge is -2.12. The molecule has 0 spiro atoms. The highest BCUT2D eigenvalue weighted by Gasteiger charge is 2.12. The van der Waals surface area contributed by atoms with Gasteiger partial charge in [0, 0.05) is 6.54 Å². The molecular weight excluding hydrogens is 248 g/mol. The Bertz CT molecular complexity index is 446. The van der Waals surface area contributed by atoms with Gasteiger partial charge in [0.25, 0.3) is 0 Å². The van der Waals surface area contributed by atoms with E-state index in [0.29, 0.717) is 29.5 Å².